The standard InChI is InChI=1S/C14H10Cl5O2PS/c15-13(16)9-5-1-3-7-11(9)20-22(19,23)21-12-8-4-2-6-10(12)14(17)18/h1-8,13-14H. The van der Waals surface area contributed by atoms with Crippen molar-refractivity contribution < 1.29 is 9.05 Å². The van der Waals surface area contributed by atoms with E-state index in [2.05, 4.69) is 0 Å². The van der Waals surface area contributed by atoms with Crippen LogP contribution in [0.1, 0.15) is 20.8 Å². The number of hydrogen-bond acceptors (Lipinski definition) is 3. The molecule has 0 atom stereocenters. The van der Waals surface area contributed by atoms with Crippen LogP contribution in [0.4, 0.5) is 0 Å². The van der Waals surface area contributed by atoms with Crippen molar-refractivity contribution in [2.75, 3.05) is 0 Å². The predicted octanol–water partition coefficient (Wildman–Crippen LogP) is 7.56. The average molecular weight is 451 g/mol. The molecule has 0 bridgehead atoms. The van der Waals surface area contributed by atoms with Crippen molar-refractivity contribution in [1.82, 2.24) is 0 Å². The maximum atomic E-state index is 6.27. The van der Waals surface area contributed by atoms with Gasteiger partial charge in [-0.3, -0.25) is 0 Å². The zero-order valence-electron chi connectivity index (χ0n) is 11.3. The lowest BCUT2D eigenvalue weighted by Gasteiger charge is -2.21. The minimum Gasteiger partial charge on any atom is -0.424 e. The van der Waals surface area contributed by atoms with Gasteiger partial charge in [0.1, 0.15) is 21.2 Å². The molecule has 2 rings (SSSR count). The fourth-order valence-electron chi connectivity index (χ4n) is 1.74. The molecule has 124 valence electrons. The van der Waals surface area contributed by atoms with Gasteiger partial charge in [0.2, 0.25) is 0 Å². The zero-order valence-corrected chi connectivity index (χ0v) is 16.8. The van der Waals surface area contributed by atoms with Crippen LogP contribution in [-0.2, 0) is 11.8 Å². The minimum absolute atomic E-state index is 0.367. The van der Waals surface area contributed by atoms with Crippen LogP contribution < -0.4 is 9.05 Å². The molecular formula is C14H10Cl5O2PS. The largest absolute Gasteiger partial charge is 0.424 e. The highest BCUT2D eigenvalue weighted by Crippen LogP contribution is 2.56. The summed E-state index contributed by atoms with van der Waals surface area (Å²) in [6.45, 7) is 0. The van der Waals surface area contributed by atoms with Gasteiger partial charge in [0.25, 0.3) is 0 Å². The third-order valence-electron chi connectivity index (χ3n) is 2.72. The molecule has 0 N–H and O–H groups in total. The number of rotatable bonds is 6. The molecule has 0 fully saturated rings. The van der Waals surface area contributed by atoms with Crippen LogP contribution >= 0.6 is 63.5 Å². The van der Waals surface area contributed by atoms with Crippen LogP contribution in [0.3, 0.4) is 0 Å². The second-order valence-corrected chi connectivity index (χ2v) is 11.1. The van der Waals surface area contributed by atoms with Gasteiger partial charge in [-0.2, -0.15) is 0 Å². The van der Waals surface area contributed by atoms with Crippen LogP contribution in [0.2, 0.25) is 0 Å². The van der Waals surface area contributed by atoms with E-state index in [1.54, 1.807) is 48.5 Å². The fourth-order valence-corrected chi connectivity index (χ4v) is 4.23. The Hall–Kier alpha value is 0.140. The van der Waals surface area contributed by atoms with Gasteiger partial charge in [-0.15, -0.1) is 0 Å². The first-order valence-electron chi connectivity index (χ1n) is 6.23. The Bertz CT molecular complexity index is 668. The Morgan fingerprint density at radius 3 is 1.43 bits per heavy atom. The number of benzene rings is 2. The van der Waals surface area contributed by atoms with Crippen molar-refractivity contribution in [2.24, 2.45) is 0 Å². The molecule has 0 radical (unpaired) electrons. The van der Waals surface area contributed by atoms with Gasteiger partial charge in [0.05, 0.1) is 0 Å². The summed E-state index contributed by atoms with van der Waals surface area (Å²) in [5.74, 6) is -2.46. The second-order valence-electron chi connectivity index (χ2n) is 4.29. The smallest absolute Gasteiger partial charge is 0.384 e. The van der Waals surface area contributed by atoms with Crippen LogP contribution in [0.15, 0.2) is 48.5 Å². The number of para-hydroxylation sites is 2. The van der Waals surface area contributed by atoms with E-state index in [4.69, 9.17) is 78.5 Å². The van der Waals surface area contributed by atoms with Gasteiger partial charge in [-0.05, 0) is 23.4 Å². The third-order valence-corrected chi connectivity index (χ3v) is 5.35. The predicted molar refractivity (Wildman–Crippen MR) is 103 cm³/mol. The highest BCUT2D eigenvalue weighted by Gasteiger charge is 2.24. The zero-order chi connectivity index (χ0) is 17.0. The van der Waals surface area contributed by atoms with E-state index in [1.807, 2.05) is 0 Å². The SMILES string of the molecule is S=P(Cl)(Oc1ccccc1C(Cl)Cl)Oc1ccccc1C(Cl)Cl. The first-order chi connectivity index (χ1) is 10.8. The molecule has 2 nitrogen and oxygen atoms in total. The lowest BCUT2D eigenvalue weighted by atomic mass is 10.2. The lowest BCUT2D eigenvalue weighted by Crippen LogP contribution is -1.99. The summed E-state index contributed by atoms with van der Waals surface area (Å²) in [7, 11) is 0. The fraction of sp³-hybridized carbons (Fsp3) is 0.143. The van der Waals surface area contributed by atoms with Gasteiger partial charge in [0.15, 0.2) is 0 Å². The Kier molecular flexibility index (Phi) is 7.18. The summed E-state index contributed by atoms with van der Waals surface area (Å²) < 4.78 is 11.3. The van der Waals surface area contributed by atoms with Crippen LogP contribution in [0, 0.1) is 0 Å². The number of hydrogen-bond donors (Lipinski definition) is 0. The van der Waals surface area contributed by atoms with E-state index in [0.717, 1.165) is 0 Å². The molecule has 2 aromatic rings. The Morgan fingerprint density at radius 2 is 1.09 bits per heavy atom. The number of alkyl halides is 4. The highest BCUT2D eigenvalue weighted by molar-refractivity contribution is 8.22. The maximum Gasteiger partial charge on any atom is 0.384 e. The molecule has 0 aliphatic heterocycles. The summed E-state index contributed by atoms with van der Waals surface area (Å²) in [6, 6.07) is 13.8. The van der Waals surface area contributed by atoms with Crippen molar-refractivity contribution in [2.45, 2.75) is 9.67 Å². The van der Waals surface area contributed by atoms with Gasteiger partial charge >= 0.3 is 5.84 Å². The summed E-state index contributed by atoms with van der Waals surface area (Å²) in [5, 5.41) is 0. The minimum atomic E-state index is -3.20. The van der Waals surface area contributed by atoms with Crippen molar-refractivity contribution in [3.8, 4) is 11.5 Å². The van der Waals surface area contributed by atoms with Crippen LogP contribution in [-0.4, -0.2) is 0 Å². The van der Waals surface area contributed by atoms with Crippen molar-refractivity contribution in [3.63, 3.8) is 0 Å². The quantitative estimate of drug-likeness (QED) is 0.334. The van der Waals surface area contributed by atoms with Gasteiger partial charge in [0, 0.05) is 22.9 Å². The van der Waals surface area contributed by atoms with Gasteiger partial charge < -0.3 is 9.05 Å². The van der Waals surface area contributed by atoms with E-state index >= 15 is 0 Å². The molecular weight excluding hydrogens is 440 g/mol. The normalized spacial score (nSPS) is 11.8. The second kappa shape index (κ2) is 8.49. The van der Waals surface area contributed by atoms with Gasteiger partial charge in [-0.1, -0.05) is 82.8 Å². The molecule has 0 aromatic heterocycles. The van der Waals surface area contributed by atoms with E-state index in [-0.39, 0.29) is 0 Å². The first kappa shape index (κ1) is 19.5. The first-order valence-corrected chi connectivity index (χ1v) is 11.5. The number of halogens is 5. The summed E-state index contributed by atoms with van der Waals surface area (Å²) in [6.07, 6.45) is 0. The average Bonchev–Trinajstić information content (AvgIpc) is 2.47. The lowest BCUT2D eigenvalue weighted by molar-refractivity contribution is 0.499. The molecule has 0 amide bonds. The Morgan fingerprint density at radius 1 is 0.739 bits per heavy atom. The Balaban J connectivity index is 2.26. The van der Waals surface area contributed by atoms with Gasteiger partial charge in [-0.25, -0.2) is 0 Å². The molecule has 23 heavy (non-hydrogen) atoms. The molecule has 0 heterocycles. The van der Waals surface area contributed by atoms with Crippen molar-refractivity contribution in [3.05, 3.63) is 59.7 Å². The van der Waals surface area contributed by atoms with E-state index in [0.29, 0.717) is 22.6 Å². The summed E-state index contributed by atoms with van der Waals surface area (Å²) in [4.78, 5) is -1.56. The van der Waals surface area contributed by atoms with Crippen LogP contribution in [0.5, 0.6) is 11.5 Å². The van der Waals surface area contributed by atoms with E-state index in [1.165, 1.54) is 0 Å². The third kappa shape index (κ3) is 5.57. The molecule has 9 heteroatoms. The topological polar surface area (TPSA) is 18.5 Å². The Labute approximate surface area is 164 Å². The van der Waals surface area contributed by atoms with Crippen LogP contribution in [0.25, 0.3) is 0 Å². The molecule has 0 saturated heterocycles. The monoisotopic (exact) mass is 448 g/mol. The summed E-state index contributed by atoms with van der Waals surface area (Å²) >= 11 is 35.2. The molecule has 0 aliphatic rings. The maximum absolute atomic E-state index is 6.27. The molecule has 2 aromatic carbocycles. The summed E-state index contributed by atoms with van der Waals surface area (Å²) in [5.41, 5.74) is 1.10. The molecule has 0 saturated carbocycles. The van der Waals surface area contributed by atoms with Crippen molar-refractivity contribution >= 4 is 75.3 Å². The molecule has 0 aliphatic carbocycles. The van der Waals surface area contributed by atoms with E-state index in [9.17, 15) is 0 Å². The van der Waals surface area contributed by atoms with E-state index < -0.39 is 15.5 Å². The molecule has 0 spiro atoms. The molecule has 0 unspecified atom stereocenters. The van der Waals surface area contributed by atoms with Crippen molar-refractivity contribution in [1.29, 1.82) is 0 Å². The highest BCUT2D eigenvalue weighted by atomic mass is 35.7.